The Balaban J connectivity index is 2.35. The SMILES string of the molecule is [3H]C1Cc2ccc(C(C)C)cc2N1. The lowest BCUT2D eigenvalue weighted by Crippen LogP contribution is -1.92. The highest BCUT2D eigenvalue weighted by Crippen LogP contribution is 2.26. The molecule has 1 aromatic carbocycles. The zero-order chi connectivity index (χ0) is 9.42. The Morgan fingerprint density at radius 1 is 1.50 bits per heavy atom. The summed E-state index contributed by atoms with van der Waals surface area (Å²) in [6.45, 7) is 4.24. The van der Waals surface area contributed by atoms with Gasteiger partial charge in [0.05, 0.1) is 0 Å². The van der Waals surface area contributed by atoms with E-state index < -0.39 is 0 Å². The van der Waals surface area contributed by atoms with Crippen LogP contribution < -0.4 is 5.32 Å². The first-order valence-corrected chi connectivity index (χ1v) is 4.48. The van der Waals surface area contributed by atoms with E-state index in [0.717, 1.165) is 12.1 Å². The largest absolute Gasteiger partial charge is 0.384 e. The molecule has 0 aromatic heterocycles. The number of benzene rings is 1. The van der Waals surface area contributed by atoms with Gasteiger partial charge in [-0.15, -0.1) is 0 Å². The molecule has 0 spiro atoms. The van der Waals surface area contributed by atoms with Crippen molar-refractivity contribution >= 4 is 5.69 Å². The van der Waals surface area contributed by atoms with E-state index in [2.05, 4.69) is 37.4 Å². The van der Waals surface area contributed by atoms with Gasteiger partial charge in [0.1, 0.15) is 0 Å². The van der Waals surface area contributed by atoms with Crippen LogP contribution in [-0.2, 0) is 6.42 Å². The van der Waals surface area contributed by atoms with Gasteiger partial charge < -0.3 is 5.32 Å². The molecule has 12 heavy (non-hydrogen) atoms. The molecule has 1 aliphatic heterocycles. The predicted molar refractivity (Wildman–Crippen MR) is 52.7 cm³/mol. The lowest BCUT2D eigenvalue weighted by Gasteiger charge is -2.07. The zero-order valence-electron chi connectivity index (χ0n) is 8.59. The van der Waals surface area contributed by atoms with E-state index >= 15 is 0 Å². The molecule has 0 saturated heterocycles. The second-order valence-electron chi connectivity index (χ2n) is 3.62. The van der Waals surface area contributed by atoms with Gasteiger partial charge >= 0.3 is 0 Å². The van der Waals surface area contributed by atoms with E-state index in [9.17, 15) is 0 Å². The molecule has 1 aromatic rings. The lowest BCUT2D eigenvalue weighted by molar-refractivity contribution is 0.867. The van der Waals surface area contributed by atoms with Crippen molar-refractivity contribution in [3.05, 3.63) is 29.3 Å². The van der Waals surface area contributed by atoms with Gasteiger partial charge in [-0.3, -0.25) is 0 Å². The fraction of sp³-hybridized carbons (Fsp3) is 0.455. The minimum atomic E-state index is -0.141. The Morgan fingerprint density at radius 3 is 3.08 bits per heavy atom. The molecule has 0 bridgehead atoms. The number of aryl methyl sites for hydroxylation is 1. The molecular formula is C11H15N. The molecule has 1 atom stereocenters. The molecule has 0 aliphatic carbocycles. The van der Waals surface area contributed by atoms with Crippen molar-refractivity contribution in [1.82, 2.24) is 0 Å². The van der Waals surface area contributed by atoms with E-state index in [1.807, 2.05) is 0 Å². The molecule has 1 aliphatic rings. The van der Waals surface area contributed by atoms with E-state index in [4.69, 9.17) is 1.37 Å². The van der Waals surface area contributed by atoms with Crippen molar-refractivity contribution in [2.45, 2.75) is 26.2 Å². The van der Waals surface area contributed by atoms with Gasteiger partial charge in [0.25, 0.3) is 0 Å². The molecule has 2 rings (SSSR count). The smallest absolute Gasteiger partial charge is 0.0494 e. The summed E-state index contributed by atoms with van der Waals surface area (Å²) >= 11 is 0. The van der Waals surface area contributed by atoms with Crippen molar-refractivity contribution in [1.29, 1.82) is 0 Å². The molecule has 1 heteroatoms. The van der Waals surface area contributed by atoms with E-state index in [1.165, 1.54) is 11.1 Å². The minimum Gasteiger partial charge on any atom is -0.384 e. The summed E-state index contributed by atoms with van der Waals surface area (Å²) in [5, 5.41) is 3.16. The highest BCUT2D eigenvalue weighted by molar-refractivity contribution is 5.57. The fourth-order valence-electron chi connectivity index (χ4n) is 1.54. The van der Waals surface area contributed by atoms with Gasteiger partial charge in [-0.2, -0.15) is 0 Å². The van der Waals surface area contributed by atoms with Gasteiger partial charge in [0.15, 0.2) is 0 Å². The Kier molecular flexibility index (Phi) is 1.53. The van der Waals surface area contributed by atoms with Crippen LogP contribution in [0.5, 0.6) is 0 Å². The number of hydrogen-bond acceptors (Lipinski definition) is 1. The van der Waals surface area contributed by atoms with Crippen LogP contribution in [0.25, 0.3) is 0 Å². The van der Waals surface area contributed by atoms with Gasteiger partial charge in [0, 0.05) is 13.6 Å². The quantitative estimate of drug-likeness (QED) is 0.671. The summed E-state index contributed by atoms with van der Waals surface area (Å²) in [7, 11) is 0. The first-order chi connectivity index (χ1) is 6.16. The maximum Gasteiger partial charge on any atom is 0.0494 e. The summed E-state index contributed by atoms with van der Waals surface area (Å²) in [6, 6.07) is 6.49. The number of rotatable bonds is 1. The van der Waals surface area contributed by atoms with Crippen LogP contribution in [0.3, 0.4) is 0 Å². The van der Waals surface area contributed by atoms with Crippen molar-refractivity contribution in [3.63, 3.8) is 0 Å². The minimum absolute atomic E-state index is 0.141. The third-order valence-corrected chi connectivity index (χ3v) is 2.38. The fourth-order valence-corrected chi connectivity index (χ4v) is 1.54. The second-order valence-corrected chi connectivity index (χ2v) is 3.62. The third kappa shape index (κ3) is 1.20. The van der Waals surface area contributed by atoms with Crippen LogP contribution in [0.2, 0.25) is 0 Å². The topological polar surface area (TPSA) is 12.0 Å². The van der Waals surface area contributed by atoms with Crippen LogP contribution >= 0.6 is 0 Å². The number of fused-ring (bicyclic) bond motifs is 1. The maximum absolute atomic E-state index is 7.58. The highest BCUT2D eigenvalue weighted by Gasteiger charge is 2.10. The lowest BCUT2D eigenvalue weighted by atomic mass is 10.0. The van der Waals surface area contributed by atoms with Crippen molar-refractivity contribution in [2.75, 3.05) is 11.8 Å². The number of anilines is 1. The summed E-state index contributed by atoms with van der Waals surface area (Å²) in [5.41, 5.74) is 3.79. The average Bonchev–Trinajstić information content (AvgIpc) is 2.42. The van der Waals surface area contributed by atoms with Crippen LogP contribution in [0.15, 0.2) is 18.2 Å². The van der Waals surface area contributed by atoms with E-state index in [0.29, 0.717) is 5.92 Å². The standard InChI is InChI=1S/C11H15N/c1-8(2)10-4-3-9-5-6-12-11(9)7-10/h3-4,7-8,12H,5-6H2,1-2H3/i6T. The molecule has 1 unspecified atom stereocenters. The molecule has 1 N–H and O–H groups in total. The van der Waals surface area contributed by atoms with E-state index in [1.54, 1.807) is 0 Å². The summed E-state index contributed by atoms with van der Waals surface area (Å²) < 4.78 is 7.58. The third-order valence-electron chi connectivity index (χ3n) is 2.38. The van der Waals surface area contributed by atoms with Crippen molar-refractivity contribution in [3.8, 4) is 0 Å². The van der Waals surface area contributed by atoms with Gasteiger partial charge in [-0.05, 0) is 29.5 Å². The molecule has 64 valence electrons. The monoisotopic (exact) mass is 163 g/mol. The highest BCUT2D eigenvalue weighted by atomic mass is 14.9. The summed E-state index contributed by atoms with van der Waals surface area (Å²) in [6.07, 6.45) is 0.841. The van der Waals surface area contributed by atoms with Gasteiger partial charge in [-0.25, -0.2) is 0 Å². The van der Waals surface area contributed by atoms with Gasteiger partial charge in [0.2, 0.25) is 0 Å². The van der Waals surface area contributed by atoms with Crippen LogP contribution in [-0.4, -0.2) is 6.52 Å². The first kappa shape index (κ1) is 6.53. The molecule has 1 nitrogen and oxygen atoms in total. The molecule has 0 saturated carbocycles. The van der Waals surface area contributed by atoms with Crippen molar-refractivity contribution in [2.24, 2.45) is 0 Å². The Hall–Kier alpha value is -0.980. The van der Waals surface area contributed by atoms with Crippen LogP contribution in [0.4, 0.5) is 5.69 Å². The van der Waals surface area contributed by atoms with E-state index in [-0.39, 0.29) is 6.52 Å². The summed E-state index contributed by atoms with van der Waals surface area (Å²) in [4.78, 5) is 0. The number of hydrogen-bond donors (Lipinski definition) is 1. The molecule has 0 amide bonds. The zero-order valence-corrected chi connectivity index (χ0v) is 7.59. The van der Waals surface area contributed by atoms with Gasteiger partial charge in [-0.1, -0.05) is 26.0 Å². The summed E-state index contributed by atoms with van der Waals surface area (Å²) in [5.74, 6) is 0.567. The molecular weight excluding hydrogens is 146 g/mol. The average molecular weight is 163 g/mol. The molecule has 0 radical (unpaired) electrons. The first-order valence-electron chi connectivity index (χ1n) is 5.06. The molecule has 0 fully saturated rings. The maximum atomic E-state index is 7.58. The Labute approximate surface area is 75.2 Å². The van der Waals surface area contributed by atoms with Crippen LogP contribution in [0, 0.1) is 0 Å². The Morgan fingerprint density at radius 2 is 2.33 bits per heavy atom. The normalized spacial score (nSPS) is 21.9. The second kappa shape index (κ2) is 2.81. The van der Waals surface area contributed by atoms with Crippen molar-refractivity contribution < 1.29 is 1.37 Å². The Bertz CT molecular complexity index is 320. The number of nitrogens with one attached hydrogen (secondary N) is 1. The predicted octanol–water partition coefficient (Wildman–Crippen LogP) is 2.78. The van der Waals surface area contributed by atoms with Crippen LogP contribution in [0.1, 0.15) is 32.3 Å². The molecule has 1 heterocycles.